The van der Waals surface area contributed by atoms with Crippen molar-refractivity contribution in [3.63, 3.8) is 0 Å². The van der Waals surface area contributed by atoms with E-state index in [2.05, 4.69) is 10.6 Å². The van der Waals surface area contributed by atoms with E-state index in [0.717, 1.165) is 21.6 Å². The number of nitriles is 1. The molecule has 0 saturated carbocycles. The monoisotopic (exact) mass is 620 g/mol. The second-order valence-electron chi connectivity index (χ2n) is 13.5. The molecule has 3 amide bonds. The Kier molecular flexibility index (Phi) is 12.7. The molecule has 3 atom stereocenters. The number of carbonyl (C=O) groups is 4. The van der Waals surface area contributed by atoms with Gasteiger partial charge in [0.05, 0.1) is 6.07 Å². The maximum absolute atomic E-state index is 14.3. The molecule has 10 nitrogen and oxygen atoms in total. The second kappa shape index (κ2) is 15.6. The number of rotatable bonds is 11. The van der Waals surface area contributed by atoms with Gasteiger partial charge in [-0.1, -0.05) is 62.4 Å². The number of ether oxygens (including phenoxy) is 2. The molecule has 0 aliphatic carbocycles. The van der Waals surface area contributed by atoms with Gasteiger partial charge in [0, 0.05) is 6.42 Å². The Balaban J connectivity index is 2.61. The molecule has 0 aliphatic rings. The highest BCUT2D eigenvalue weighted by atomic mass is 16.6. The van der Waals surface area contributed by atoms with Gasteiger partial charge in [0.15, 0.2) is 0 Å². The smallest absolute Gasteiger partial charge is 0.408 e. The number of esters is 1. The van der Waals surface area contributed by atoms with E-state index >= 15 is 0 Å². The molecule has 0 spiro atoms. The summed E-state index contributed by atoms with van der Waals surface area (Å²) in [5.41, 5.74) is 1.46. The summed E-state index contributed by atoms with van der Waals surface area (Å²) in [6, 6.07) is 13.0. The van der Waals surface area contributed by atoms with E-state index in [4.69, 9.17) is 9.47 Å². The fraction of sp³-hybridized carbons (Fsp3) is 0.514. The number of hydrogen-bond donors (Lipinski definition) is 2. The summed E-state index contributed by atoms with van der Waals surface area (Å²) in [4.78, 5) is 55.7. The van der Waals surface area contributed by atoms with Crippen LogP contribution in [0.4, 0.5) is 4.79 Å². The van der Waals surface area contributed by atoms with Gasteiger partial charge >= 0.3 is 12.1 Å². The predicted octanol–water partition coefficient (Wildman–Crippen LogP) is 5.32. The Bertz CT molecular complexity index is 1390. The molecular formula is C35H48N4O6. The third-order valence-electron chi connectivity index (χ3n) is 6.83. The summed E-state index contributed by atoms with van der Waals surface area (Å²) < 4.78 is 11.0. The SMILES string of the molecule is Cc1ccc(C(C(=O)NC(Cc2ccccc2)C(=O)OC(C)(C)C)N(CC#N)C(=O)C(NC(=O)OC(C)(C)C)C(C)C)cc1C. The Morgan fingerprint density at radius 1 is 0.867 bits per heavy atom. The average molecular weight is 621 g/mol. The van der Waals surface area contributed by atoms with Gasteiger partial charge in [-0.15, -0.1) is 0 Å². The van der Waals surface area contributed by atoms with Gasteiger partial charge in [-0.3, -0.25) is 9.59 Å². The minimum atomic E-state index is -1.31. The van der Waals surface area contributed by atoms with Crippen molar-refractivity contribution in [3.05, 3.63) is 70.8 Å². The fourth-order valence-corrected chi connectivity index (χ4v) is 4.57. The molecular weight excluding hydrogens is 572 g/mol. The molecule has 2 rings (SSSR count). The first-order valence-corrected chi connectivity index (χ1v) is 15.1. The number of nitrogens with zero attached hydrogens (tertiary/aromatic N) is 2. The molecule has 0 bridgehead atoms. The number of carbonyl (C=O) groups excluding carboxylic acids is 4. The zero-order valence-electron chi connectivity index (χ0n) is 28.2. The van der Waals surface area contributed by atoms with E-state index in [0.29, 0.717) is 5.56 Å². The molecule has 45 heavy (non-hydrogen) atoms. The Labute approximate surface area is 267 Å². The summed E-state index contributed by atoms with van der Waals surface area (Å²) in [7, 11) is 0. The van der Waals surface area contributed by atoms with Gasteiger partial charge in [0.2, 0.25) is 11.8 Å². The molecule has 0 saturated heterocycles. The first kappa shape index (κ1) is 36.8. The van der Waals surface area contributed by atoms with Crippen LogP contribution in [0.25, 0.3) is 0 Å². The van der Waals surface area contributed by atoms with Gasteiger partial charge < -0.3 is 25.0 Å². The minimum Gasteiger partial charge on any atom is -0.458 e. The Hall–Kier alpha value is -4.39. The molecule has 0 fully saturated rings. The molecule has 0 aliphatic heterocycles. The van der Waals surface area contributed by atoms with Gasteiger partial charge in [0.25, 0.3) is 0 Å². The topological polar surface area (TPSA) is 138 Å². The van der Waals surface area contributed by atoms with Crippen molar-refractivity contribution < 1.29 is 28.7 Å². The van der Waals surface area contributed by atoms with Gasteiger partial charge in [-0.25, -0.2) is 9.59 Å². The van der Waals surface area contributed by atoms with Crippen LogP contribution in [0.1, 0.15) is 83.7 Å². The van der Waals surface area contributed by atoms with E-state index in [9.17, 15) is 24.4 Å². The Morgan fingerprint density at radius 2 is 1.47 bits per heavy atom. The maximum atomic E-state index is 14.3. The molecule has 2 aromatic carbocycles. The van der Waals surface area contributed by atoms with Crippen molar-refractivity contribution in [2.75, 3.05) is 6.54 Å². The van der Waals surface area contributed by atoms with E-state index in [1.165, 1.54) is 0 Å². The van der Waals surface area contributed by atoms with Crippen LogP contribution in [0, 0.1) is 31.1 Å². The lowest BCUT2D eigenvalue weighted by molar-refractivity contribution is -0.159. The van der Waals surface area contributed by atoms with Crippen LogP contribution in [-0.2, 0) is 30.3 Å². The molecule has 2 N–H and O–H groups in total. The van der Waals surface area contributed by atoms with Crippen LogP contribution < -0.4 is 10.6 Å². The number of hydrogen-bond acceptors (Lipinski definition) is 7. The van der Waals surface area contributed by atoms with Crippen molar-refractivity contribution >= 4 is 23.9 Å². The van der Waals surface area contributed by atoms with Crippen molar-refractivity contribution in [2.24, 2.45) is 5.92 Å². The fourth-order valence-electron chi connectivity index (χ4n) is 4.57. The molecule has 0 radical (unpaired) electrons. The highest BCUT2D eigenvalue weighted by Gasteiger charge is 2.39. The third kappa shape index (κ3) is 11.6. The number of alkyl carbamates (subject to hydrolysis) is 1. The lowest BCUT2D eigenvalue weighted by Crippen LogP contribution is -2.56. The summed E-state index contributed by atoms with van der Waals surface area (Å²) in [6.45, 7) is 17.2. The van der Waals surface area contributed by atoms with Gasteiger partial charge in [-0.05, 0) is 83.6 Å². The predicted molar refractivity (Wildman–Crippen MR) is 172 cm³/mol. The zero-order valence-corrected chi connectivity index (χ0v) is 28.2. The quantitative estimate of drug-likeness (QED) is 0.256. The van der Waals surface area contributed by atoms with Crippen LogP contribution in [-0.4, -0.2) is 58.6 Å². The zero-order chi connectivity index (χ0) is 34.1. The van der Waals surface area contributed by atoms with Crippen LogP contribution in [0.3, 0.4) is 0 Å². The lowest BCUT2D eigenvalue weighted by Gasteiger charge is -2.35. The summed E-state index contributed by atoms with van der Waals surface area (Å²) in [6.07, 6.45) is -0.659. The standard InChI is InChI=1S/C35H48N4O6/c1-22(2)28(38-33(43)45-35(8,9)10)31(41)39(19-18-36)29(26-17-16-23(3)24(4)20-26)30(40)37-27(32(42)44-34(5,6)7)21-25-14-12-11-13-15-25/h11-17,20,22,27-29H,19,21H2,1-10H3,(H,37,40)(H,38,43). The Morgan fingerprint density at radius 3 is 1.98 bits per heavy atom. The molecule has 2 aromatic rings. The summed E-state index contributed by atoms with van der Waals surface area (Å²) in [5, 5.41) is 15.3. The van der Waals surface area contributed by atoms with Crippen molar-refractivity contribution in [2.45, 2.75) is 105 Å². The number of amides is 3. The van der Waals surface area contributed by atoms with E-state index < -0.39 is 65.7 Å². The number of aryl methyl sites for hydroxylation is 2. The molecule has 0 heterocycles. The molecule has 0 aromatic heterocycles. The molecule has 3 unspecified atom stereocenters. The highest BCUT2D eigenvalue weighted by molar-refractivity contribution is 5.94. The summed E-state index contributed by atoms with van der Waals surface area (Å²) in [5.74, 6) is -2.37. The number of nitrogens with one attached hydrogen (secondary N) is 2. The first-order valence-electron chi connectivity index (χ1n) is 15.1. The third-order valence-corrected chi connectivity index (χ3v) is 6.83. The number of benzene rings is 2. The van der Waals surface area contributed by atoms with Crippen LogP contribution in [0.5, 0.6) is 0 Å². The minimum absolute atomic E-state index is 0.141. The van der Waals surface area contributed by atoms with Gasteiger partial charge in [-0.2, -0.15) is 5.26 Å². The van der Waals surface area contributed by atoms with Crippen LogP contribution in [0.15, 0.2) is 48.5 Å². The summed E-state index contributed by atoms with van der Waals surface area (Å²) >= 11 is 0. The van der Waals surface area contributed by atoms with Gasteiger partial charge in [0.1, 0.15) is 35.9 Å². The molecule has 10 heteroatoms. The van der Waals surface area contributed by atoms with E-state index in [1.807, 2.05) is 56.3 Å². The second-order valence-corrected chi connectivity index (χ2v) is 13.5. The van der Waals surface area contributed by atoms with Crippen molar-refractivity contribution in [1.29, 1.82) is 5.26 Å². The largest absolute Gasteiger partial charge is 0.458 e. The first-order chi connectivity index (χ1) is 20.8. The van der Waals surface area contributed by atoms with E-state index in [1.54, 1.807) is 67.5 Å². The van der Waals surface area contributed by atoms with E-state index in [-0.39, 0.29) is 6.42 Å². The van der Waals surface area contributed by atoms with Crippen molar-refractivity contribution in [1.82, 2.24) is 15.5 Å². The van der Waals surface area contributed by atoms with Crippen molar-refractivity contribution in [3.8, 4) is 6.07 Å². The average Bonchev–Trinajstić information content (AvgIpc) is 2.91. The maximum Gasteiger partial charge on any atom is 0.408 e. The normalized spacial score (nSPS) is 13.6. The van der Waals surface area contributed by atoms with Crippen LogP contribution in [0.2, 0.25) is 0 Å². The highest BCUT2D eigenvalue weighted by Crippen LogP contribution is 2.26. The lowest BCUT2D eigenvalue weighted by atomic mass is 9.96. The van der Waals surface area contributed by atoms with Crippen LogP contribution >= 0.6 is 0 Å². The molecule has 244 valence electrons.